The van der Waals surface area contributed by atoms with Crippen LogP contribution in [0.25, 0.3) is 0 Å². The first-order valence-electron chi connectivity index (χ1n) is 6.08. The Morgan fingerprint density at radius 3 is 2.72 bits per heavy atom. The first-order chi connectivity index (χ1) is 8.63. The van der Waals surface area contributed by atoms with E-state index in [9.17, 15) is 9.18 Å². The number of aliphatic carboxylic acids is 1. The highest BCUT2D eigenvalue weighted by Gasteiger charge is 2.17. The fraction of sp³-hybridized carbons (Fsp3) is 0.357. The molecule has 3 nitrogen and oxygen atoms in total. The van der Waals surface area contributed by atoms with Crippen LogP contribution in [0.4, 0.5) is 10.1 Å². The summed E-state index contributed by atoms with van der Waals surface area (Å²) in [5.41, 5.74) is 1.77. The number of carbonyl (C=O) groups is 1. The Labute approximate surface area is 105 Å². The first kappa shape index (κ1) is 12.6. The van der Waals surface area contributed by atoms with Gasteiger partial charge in [-0.2, -0.15) is 0 Å². The number of anilines is 1. The number of allylic oxidation sites excluding steroid dienone is 1. The number of hydrogen-bond donors (Lipinski definition) is 2. The third-order valence-electron chi connectivity index (χ3n) is 3.15. The van der Waals surface area contributed by atoms with E-state index in [-0.39, 0.29) is 11.9 Å². The lowest BCUT2D eigenvalue weighted by molar-refractivity contribution is -0.131. The molecule has 0 aromatic heterocycles. The highest BCUT2D eigenvalue weighted by molar-refractivity contribution is 5.80. The number of halogens is 1. The van der Waals surface area contributed by atoms with Gasteiger partial charge in [0.25, 0.3) is 0 Å². The average molecular weight is 249 g/mol. The Hall–Kier alpha value is -1.84. The third kappa shape index (κ3) is 3.58. The molecule has 0 heterocycles. The number of nitrogens with one attached hydrogen (secondary N) is 1. The standard InChI is InChI=1S/C14H16FNO2/c15-11-2-1-3-13(9-11)16-12-6-4-10(5-7-12)8-14(17)18/h1-3,8-9,12,16H,4-7H2,(H,17,18). The predicted octanol–water partition coefficient (Wildman–Crippen LogP) is 3.19. The summed E-state index contributed by atoms with van der Waals surface area (Å²) in [5, 5.41) is 11.9. The monoisotopic (exact) mass is 249 g/mol. The van der Waals surface area contributed by atoms with Crippen LogP contribution >= 0.6 is 0 Å². The SMILES string of the molecule is O=C(O)C=C1CCC(Nc2cccc(F)c2)CC1. The minimum absolute atomic E-state index is 0.248. The van der Waals surface area contributed by atoms with Gasteiger partial charge < -0.3 is 10.4 Å². The molecule has 1 aliphatic carbocycles. The van der Waals surface area contributed by atoms with Crippen LogP contribution in [0.2, 0.25) is 0 Å². The molecule has 4 heteroatoms. The smallest absolute Gasteiger partial charge is 0.328 e. The van der Waals surface area contributed by atoms with Crippen LogP contribution in [0.1, 0.15) is 25.7 Å². The van der Waals surface area contributed by atoms with E-state index in [1.807, 2.05) is 6.07 Å². The number of rotatable bonds is 3. The molecule has 0 saturated heterocycles. The maximum atomic E-state index is 13.0. The van der Waals surface area contributed by atoms with Gasteiger partial charge in [-0.05, 0) is 43.9 Å². The minimum Gasteiger partial charge on any atom is -0.478 e. The molecule has 0 bridgehead atoms. The van der Waals surface area contributed by atoms with Gasteiger partial charge in [0.1, 0.15) is 5.82 Å². The molecule has 1 saturated carbocycles. The highest BCUT2D eigenvalue weighted by Crippen LogP contribution is 2.26. The molecule has 1 aliphatic rings. The Kier molecular flexibility index (Phi) is 3.97. The molecule has 1 aromatic carbocycles. The van der Waals surface area contributed by atoms with Crippen LogP contribution in [-0.2, 0) is 4.79 Å². The van der Waals surface area contributed by atoms with Crippen molar-refractivity contribution in [1.82, 2.24) is 0 Å². The molecular formula is C14H16FNO2. The van der Waals surface area contributed by atoms with E-state index in [0.717, 1.165) is 36.9 Å². The van der Waals surface area contributed by atoms with E-state index in [4.69, 9.17) is 5.11 Å². The van der Waals surface area contributed by atoms with E-state index in [2.05, 4.69) is 5.32 Å². The van der Waals surface area contributed by atoms with Crippen molar-refractivity contribution in [2.75, 3.05) is 5.32 Å². The second-order valence-electron chi connectivity index (χ2n) is 4.57. The maximum absolute atomic E-state index is 13.0. The second kappa shape index (κ2) is 5.67. The zero-order chi connectivity index (χ0) is 13.0. The van der Waals surface area contributed by atoms with Crippen molar-refractivity contribution >= 4 is 11.7 Å². The van der Waals surface area contributed by atoms with E-state index in [1.54, 1.807) is 6.07 Å². The summed E-state index contributed by atoms with van der Waals surface area (Å²) in [5.74, 6) is -1.12. The van der Waals surface area contributed by atoms with Crippen LogP contribution in [0.5, 0.6) is 0 Å². The van der Waals surface area contributed by atoms with Gasteiger partial charge in [0.05, 0.1) is 0 Å². The van der Waals surface area contributed by atoms with Crippen molar-refractivity contribution in [1.29, 1.82) is 0 Å². The van der Waals surface area contributed by atoms with Gasteiger partial charge in [-0.15, -0.1) is 0 Å². The highest BCUT2D eigenvalue weighted by atomic mass is 19.1. The summed E-state index contributed by atoms with van der Waals surface area (Å²) in [6, 6.07) is 6.70. The van der Waals surface area contributed by atoms with Crippen LogP contribution in [-0.4, -0.2) is 17.1 Å². The summed E-state index contributed by atoms with van der Waals surface area (Å²) >= 11 is 0. The van der Waals surface area contributed by atoms with Crippen LogP contribution in [0.3, 0.4) is 0 Å². The largest absolute Gasteiger partial charge is 0.478 e. The van der Waals surface area contributed by atoms with E-state index in [0.29, 0.717) is 0 Å². The van der Waals surface area contributed by atoms with Gasteiger partial charge in [-0.3, -0.25) is 0 Å². The minimum atomic E-state index is -0.874. The van der Waals surface area contributed by atoms with E-state index < -0.39 is 5.97 Å². The molecule has 0 radical (unpaired) electrons. The quantitative estimate of drug-likeness (QED) is 0.809. The maximum Gasteiger partial charge on any atom is 0.328 e. The molecular weight excluding hydrogens is 233 g/mol. The molecule has 1 aromatic rings. The summed E-state index contributed by atoms with van der Waals surface area (Å²) < 4.78 is 13.0. The lowest BCUT2D eigenvalue weighted by Crippen LogP contribution is -2.23. The average Bonchev–Trinajstić information content (AvgIpc) is 2.31. The molecule has 0 spiro atoms. The molecule has 2 N–H and O–H groups in total. The normalized spacial score (nSPS) is 19.4. The van der Waals surface area contributed by atoms with Crippen molar-refractivity contribution in [2.45, 2.75) is 31.7 Å². The molecule has 18 heavy (non-hydrogen) atoms. The van der Waals surface area contributed by atoms with Crippen LogP contribution in [0.15, 0.2) is 35.9 Å². The van der Waals surface area contributed by atoms with Crippen molar-refractivity contribution in [3.8, 4) is 0 Å². The van der Waals surface area contributed by atoms with E-state index in [1.165, 1.54) is 18.2 Å². The number of carboxylic acids is 1. The summed E-state index contributed by atoms with van der Waals surface area (Å²) in [6.07, 6.45) is 4.65. The Bertz CT molecular complexity index is 461. The van der Waals surface area contributed by atoms with Gasteiger partial charge >= 0.3 is 5.97 Å². The molecule has 2 rings (SSSR count). The van der Waals surface area contributed by atoms with Gasteiger partial charge in [0.15, 0.2) is 0 Å². The second-order valence-corrected chi connectivity index (χ2v) is 4.57. The fourth-order valence-electron chi connectivity index (χ4n) is 2.27. The predicted molar refractivity (Wildman–Crippen MR) is 68.0 cm³/mol. The molecule has 96 valence electrons. The van der Waals surface area contributed by atoms with Gasteiger partial charge in [-0.1, -0.05) is 11.6 Å². The van der Waals surface area contributed by atoms with Crippen molar-refractivity contribution in [3.05, 3.63) is 41.7 Å². The molecule has 0 atom stereocenters. The Morgan fingerprint density at radius 1 is 1.39 bits per heavy atom. The number of carboxylic acid groups (broad SMARTS) is 1. The molecule has 0 unspecified atom stereocenters. The number of hydrogen-bond acceptors (Lipinski definition) is 2. The molecule has 0 amide bonds. The molecule has 0 aliphatic heterocycles. The number of benzene rings is 1. The lowest BCUT2D eigenvalue weighted by atomic mass is 9.90. The van der Waals surface area contributed by atoms with Crippen LogP contribution < -0.4 is 5.32 Å². The van der Waals surface area contributed by atoms with Gasteiger partial charge in [0, 0.05) is 17.8 Å². The van der Waals surface area contributed by atoms with E-state index >= 15 is 0 Å². The zero-order valence-corrected chi connectivity index (χ0v) is 10.0. The topological polar surface area (TPSA) is 49.3 Å². The Balaban J connectivity index is 1.89. The van der Waals surface area contributed by atoms with Crippen molar-refractivity contribution in [2.24, 2.45) is 0 Å². The van der Waals surface area contributed by atoms with Crippen LogP contribution in [0, 0.1) is 5.82 Å². The first-order valence-corrected chi connectivity index (χ1v) is 6.08. The van der Waals surface area contributed by atoms with Gasteiger partial charge in [0.2, 0.25) is 0 Å². The fourth-order valence-corrected chi connectivity index (χ4v) is 2.27. The van der Waals surface area contributed by atoms with Crippen molar-refractivity contribution < 1.29 is 14.3 Å². The summed E-state index contributed by atoms with van der Waals surface area (Å²) in [7, 11) is 0. The zero-order valence-electron chi connectivity index (χ0n) is 10.0. The van der Waals surface area contributed by atoms with Crippen molar-refractivity contribution in [3.63, 3.8) is 0 Å². The third-order valence-corrected chi connectivity index (χ3v) is 3.15. The summed E-state index contributed by atoms with van der Waals surface area (Å²) in [4.78, 5) is 10.5. The summed E-state index contributed by atoms with van der Waals surface area (Å²) in [6.45, 7) is 0. The lowest BCUT2D eigenvalue weighted by Gasteiger charge is -2.25. The van der Waals surface area contributed by atoms with Gasteiger partial charge in [-0.25, -0.2) is 9.18 Å². The Morgan fingerprint density at radius 2 is 2.11 bits per heavy atom. The molecule has 1 fully saturated rings.